The second kappa shape index (κ2) is 5.62. The first kappa shape index (κ1) is 13.1. The van der Waals surface area contributed by atoms with Crippen molar-refractivity contribution in [2.45, 2.75) is 0 Å². The SMILES string of the molecule is O=C(CN1CCSC1=O)Nc1ccc2c(c1)OCCO2. The smallest absolute Gasteiger partial charge is 0.282 e. The normalized spacial score (nSPS) is 17.2. The first-order valence-corrected chi connectivity index (χ1v) is 7.32. The standard InChI is InChI=1S/C13H14N2O4S/c16-12(8-15-3-6-20-13(15)17)14-9-1-2-10-11(7-9)19-5-4-18-10/h1-2,7H,3-6,8H2,(H,14,16). The molecule has 7 heteroatoms. The fourth-order valence-corrected chi connectivity index (χ4v) is 2.89. The molecule has 1 aromatic carbocycles. The van der Waals surface area contributed by atoms with Gasteiger partial charge in [0.2, 0.25) is 5.91 Å². The summed E-state index contributed by atoms with van der Waals surface area (Å²) in [6, 6.07) is 5.25. The number of amides is 2. The summed E-state index contributed by atoms with van der Waals surface area (Å²) in [6.07, 6.45) is 0. The van der Waals surface area contributed by atoms with Crippen LogP contribution in [-0.4, -0.2) is 48.1 Å². The number of rotatable bonds is 3. The Morgan fingerprint density at radius 3 is 2.85 bits per heavy atom. The van der Waals surface area contributed by atoms with Gasteiger partial charge in [-0.3, -0.25) is 9.59 Å². The van der Waals surface area contributed by atoms with Gasteiger partial charge < -0.3 is 19.7 Å². The van der Waals surface area contributed by atoms with E-state index in [1.165, 1.54) is 16.7 Å². The topological polar surface area (TPSA) is 67.9 Å². The van der Waals surface area contributed by atoms with Gasteiger partial charge in [-0.25, -0.2) is 0 Å². The summed E-state index contributed by atoms with van der Waals surface area (Å²) >= 11 is 1.24. The average molecular weight is 294 g/mol. The van der Waals surface area contributed by atoms with Crippen molar-refractivity contribution in [1.82, 2.24) is 4.90 Å². The zero-order valence-electron chi connectivity index (χ0n) is 10.8. The summed E-state index contributed by atoms with van der Waals surface area (Å²) in [4.78, 5) is 24.9. The molecule has 0 bridgehead atoms. The second-order valence-electron chi connectivity index (χ2n) is 4.44. The third kappa shape index (κ3) is 2.82. The molecule has 0 aromatic heterocycles. The zero-order chi connectivity index (χ0) is 13.9. The molecule has 1 aromatic rings. The van der Waals surface area contributed by atoms with Crippen molar-refractivity contribution in [1.29, 1.82) is 0 Å². The number of thioether (sulfide) groups is 1. The first-order valence-electron chi connectivity index (χ1n) is 6.33. The highest BCUT2D eigenvalue weighted by Gasteiger charge is 2.23. The second-order valence-corrected chi connectivity index (χ2v) is 5.49. The van der Waals surface area contributed by atoms with E-state index in [1.54, 1.807) is 18.2 Å². The van der Waals surface area contributed by atoms with Gasteiger partial charge in [-0.15, -0.1) is 0 Å². The molecule has 2 aliphatic rings. The van der Waals surface area contributed by atoms with Crippen molar-refractivity contribution in [2.75, 3.05) is 37.4 Å². The lowest BCUT2D eigenvalue weighted by Crippen LogP contribution is -2.33. The maximum atomic E-state index is 11.9. The molecule has 20 heavy (non-hydrogen) atoms. The van der Waals surface area contributed by atoms with Crippen LogP contribution < -0.4 is 14.8 Å². The Balaban J connectivity index is 1.62. The van der Waals surface area contributed by atoms with E-state index in [1.807, 2.05) is 0 Å². The van der Waals surface area contributed by atoms with Crippen LogP contribution in [0.25, 0.3) is 0 Å². The molecule has 0 unspecified atom stereocenters. The van der Waals surface area contributed by atoms with Crippen LogP contribution in [0.15, 0.2) is 18.2 Å². The van der Waals surface area contributed by atoms with Crippen LogP contribution in [0.2, 0.25) is 0 Å². The van der Waals surface area contributed by atoms with Crippen molar-refractivity contribution in [3.8, 4) is 11.5 Å². The van der Waals surface area contributed by atoms with Gasteiger partial charge in [-0.1, -0.05) is 11.8 Å². The quantitative estimate of drug-likeness (QED) is 0.916. The van der Waals surface area contributed by atoms with Gasteiger partial charge >= 0.3 is 0 Å². The van der Waals surface area contributed by atoms with Gasteiger partial charge in [0.1, 0.15) is 19.8 Å². The van der Waals surface area contributed by atoms with Crippen molar-refractivity contribution in [3.05, 3.63) is 18.2 Å². The molecule has 3 rings (SSSR count). The summed E-state index contributed by atoms with van der Waals surface area (Å²) < 4.78 is 10.9. The molecule has 0 atom stereocenters. The van der Waals surface area contributed by atoms with E-state index in [0.29, 0.717) is 36.9 Å². The van der Waals surface area contributed by atoms with Gasteiger partial charge in [0.05, 0.1) is 0 Å². The Bertz CT molecular complexity index is 549. The molecule has 106 valence electrons. The maximum absolute atomic E-state index is 11.9. The van der Waals surface area contributed by atoms with Crippen LogP contribution >= 0.6 is 11.8 Å². The summed E-state index contributed by atoms with van der Waals surface area (Å²) in [5, 5.41) is 2.72. The summed E-state index contributed by atoms with van der Waals surface area (Å²) in [7, 11) is 0. The molecule has 2 heterocycles. The Kier molecular flexibility index (Phi) is 3.68. The van der Waals surface area contributed by atoms with Crippen molar-refractivity contribution in [3.63, 3.8) is 0 Å². The van der Waals surface area contributed by atoms with E-state index in [9.17, 15) is 9.59 Å². The predicted octanol–water partition coefficient (Wildman–Crippen LogP) is 1.57. The van der Waals surface area contributed by atoms with Crippen molar-refractivity contribution < 1.29 is 19.1 Å². The lowest BCUT2D eigenvalue weighted by molar-refractivity contribution is -0.116. The van der Waals surface area contributed by atoms with Crippen LogP contribution in [0, 0.1) is 0 Å². The molecule has 0 radical (unpaired) electrons. The van der Waals surface area contributed by atoms with E-state index in [4.69, 9.17) is 9.47 Å². The Morgan fingerprint density at radius 1 is 1.30 bits per heavy atom. The number of nitrogens with zero attached hydrogens (tertiary/aromatic N) is 1. The highest BCUT2D eigenvalue weighted by molar-refractivity contribution is 8.13. The number of carbonyl (C=O) groups excluding carboxylic acids is 2. The summed E-state index contributed by atoms with van der Waals surface area (Å²) in [5.41, 5.74) is 0.638. The number of nitrogens with one attached hydrogen (secondary N) is 1. The number of anilines is 1. The van der Waals surface area contributed by atoms with Gasteiger partial charge in [0.15, 0.2) is 11.5 Å². The van der Waals surface area contributed by atoms with Gasteiger partial charge in [-0.2, -0.15) is 0 Å². The molecular formula is C13H14N2O4S. The van der Waals surface area contributed by atoms with Gasteiger partial charge in [0.25, 0.3) is 5.24 Å². The first-order chi connectivity index (χ1) is 9.72. The third-order valence-corrected chi connectivity index (χ3v) is 3.90. The fourth-order valence-electron chi connectivity index (χ4n) is 2.06. The lowest BCUT2D eigenvalue weighted by atomic mass is 10.2. The van der Waals surface area contributed by atoms with Crippen molar-refractivity contribution in [2.24, 2.45) is 0 Å². The molecule has 1 saturated heterocycles. The largest absolute Gasteiger partial charge is 0.486 e. The van der Waals surface area contributed by atoms with Crippen LogP contribution in [-0.2, 0) is 4.79 Å². The van der Waals surface area contributed by atoms with E-state index < -0.39 is 0 Å². The maximum Gasteiger partial charge on any atom is 0.282 e. The van der Waals surface area contributed by atoms with Gasteiger partial charge in [0, 0.05) is 24.1 Å². The molecule has 6 nitrogen and oxygen atoms in total. The molecule has 0 spiro atoms. The summed E-state index contributed by atoms with van der Waals surface area (Å²) in [5.74, 6) is 1.84. The highest BCUT2D eigenvalue weighted by atomic mass is 32.2. The minimum absolute atomic E-state index is 0.0395. The van der Waals surface area contributed by atoms with Crippen LogP contribution in [0.3, 0.4) is 0 Å². The van der Waals surface area contributed by atoms with E-state index in [0.717, 1.165) is 5.75 Å². The monoisotopic (exact) mass is 294 g/mol. The Labute approximate surface area is 120 Å². The number of hydrogen-bond donors (Lipinski definition) is 1. The minimum atomic E-state index is -0.211. The lowest BCUT2D eigenvalue weighted by Gasteiger charge is -2.19. The number of carbonyl (C=O) groups is 2. The fraction of sp³-hybridized carbons (Fsp3) is 0.385. The van der Waals surface area contributed by atoms with Gasteiger partial charge in [-0.05, 0) is 12.1 Å². The van der Waals surface area contributed by atoms with E-state index >= 15 is 0 Å². The van der Waals surface area contributed by atoms with Crippen LogP contribution in [0.5, 0.6) is 11.5 Å². The number of fused-ring (bicyclic) bond motifs is 1. The molecule has 0 aliphatic carbocycles. The number of ether oxygens (including phenoxy) is 2. The van der Waals surface area contributed by atoms with Crippen molar-refractivity contribution >= 4 is 28.6 Å². The number of benzene rings is 1. The molecule has 0 saturated carbocycles. The van der Waals surface area contributed by atoms with E-state index in [2.05, 4.69) is 5.32 Å². The Morgan fingerprint density at radius 2 is 2.10 bits per heavy atom. The molecule has 2 aliphatic heterocycles. The van der Waals surface area contributed by atoms with Crippen LogP contribution in [0.1, 0.15) is 0 Å². The summed E-state index contributed by atoms with van der Waals surface area (Å²) in [6.45, 7) is 1.75. The predicted molar refractivity (Wildman–Crippen MR) is 75.5 cm³/mol. The average Bonchev–Trinajstić information content (AvgIpc) is 2.84. The minimum Gasteiger partial charge on any atom is -0.486 e. The van der Waals surface area contributed by atoms with E-state index in [-0.39, 0.29) is 17.7 Å². The molecular weight excluding hydrogens is 280 g/mol. The highest BCUT2D eigenvalue weighted by Crippen LogP contribution is 2.32. The zero-order valence-corrected chi connectivity index (χ0v) is 11.6. The van der Waals surface area contributed by atoms with Crippen LogP contribution in [0.4, 0.5) is 10.5 Å². The molecule has 1 fully saturated rings. The number of hydrogen-bond acceptors (Lipinski definition) is 5. The third-order valence-electron chi connectivity index (χ3n) is 3.01. The molecule has 2 amide bonds. The molecule has 1 N–H and O–H groups in total. The Hall–Kier alpha value is -1.89.